The van der Waals surface area contributed by atoms with Gasteiger partial charge in [-0.1, -0.05) is 26.0 Å². The zero-order valence-electron chi connectivity index (χ0n) is 9.90. The first-order valence-corrected chi connectivity index (χ1v) is 5.80. The number of nitrogens with one attached hydrogen (secondary N) is 1. The molecule has 0 saturated heterocycles. The fourth-order valence-electron chi connectivity index (χ4n) is 2.29. The third kappa shape index (κ3) is 1.39. The fourth-order valence-corrected chi connectivity index (χ4v) is 2.29. The Hall–Kier alpha value is -2.03. The second-order valence-electron chi connectivity index (χ2n) is 4.61. The van der Waals surface area contributed by atoms with Crippen LogP contribution in [0.15, 0.2) is 41.3 Å². The maximum absolute atomic E-state index is 11.9. The van der Waals surface area contributed by atoms with E-state index in [0.29, 0.717) is 5.92 Å². The molecule has 1 aromatic carbocycles. The van der Waals surface area contributed by atoms with Gasteiger partial charge in [-0.2, -0.15) is 0 Å². The molecule has 0 bridgehead atoms. The Morgan fingerprint density at radius 2 is 2.00 bits per heavy atom. The van der Waals surface area contributed by atoms with Crippen molar-refractivity contribution < 1.29 is 0 Å². The Morgan fingerprint density at radius 3 is 2.76 bits per heavy atom. The molecule has 0 aliphatic rings. The van der Waals surface area contributed by atoms with Crippen molar-refractivity contribution in [3.8, 4) is 0 Å². The van der Waals surface area contributed by atoms with Crippen LogP contribution in [0.25, 0.3) is 16.6 Å². The SMILES string of the molecule is CC(C)c1c[nH]c2cc(=O)c3ccccc3n12. The second-order valence-corrected chi connectivity index (χ2v) is 4.61. The van der Waals surface area contributed by atoms with Crippen molar-refractivity contribution in [1.82, 2.24) is 9.38 Å². The van der Waals surface area contributed by atoms with Crippen LogP contribution in [0.1, 0.15) is 25.5 Å². The quantitative estimate of drug-likeness (QED) is 0.680. The molecule has 17 heavy (non-hydrogen) atoms. The van der Waals surface area contributed by atoms with Crippen LogP contribution < -0.4 is 5.43 Å². The lowest BCUT2D eigenvalue weighted by Gasteiger charge is -2.08. The average Bonchev–Trinajstić information content (AvgIpc) is 2.73. The van der Waals surface area contributed by atoms with Crippen molar-refractivity contribution in [1.29, 1.82) is 0 Å². The molecule has 0 radical (unpaired) electrons. The number of imidazole rings is 1. The van der Waals surface area contributed by atoms with Crippen molar-refractivity contribution in [2.24, 2.45) is 0 Å². The van der Waals surface area contributed by atoms with E-state index in [1.54, 1.807) is 6.07 Å². The lowest BCUT2D eigenvalue weighted by molar-refractivity contribution is 0.817. The molecule has 3 heteroatoms. The number of H-pyrrole nitrogens is 1. The molecule has 1 N–H and O–H groups in total. The molecule has 0 unspecified atom stereocenters. The highest BCUT2D eigenvalue weighted by atomic mass is 16.1. The van der Waals surface area contributed by atoms with E-state index >= 15 is 0 Å². The van der Waals surface area contributed by atoms with Crippen molar-refractivity contribution in [2.75, 3.05) is 0 Å². The number of benzene rings is 1. The summed E-state index contributed by atoms with van der Waals surface area (Å²) in [4.78, 5) is 15.1. The first kappa shape index (κ1) is 10.1. The summed E-state index contributed by atoms with van der Waals surface area (Å²) in [6.07, 6.45) is 1.98. The third-order valence-corrected chi connectivity index (χ3v) is 3.14. The van der Waals surface area contributed by atoms with Crippen LogP contribution in [0.2, 0.25) is 0 Å². The summed E-state index contributed by atoms with van der Waals surface area (Å²) in [6.45, 7) is 4.30. The molecule has 0 spiro atoms. The van der Waals surface area contributed by atoms with Crippen molar-refractivity contribution in [3.63, 3.8) is 0 Å². The number of aromatic amines is 1. The first-order valence-electron chi connectivity index (χ1n) is 5.80. The van der Waals surface area contributed by atoms with Gasteiger partial charge >= 0.3 is 0 Å². The van der Waals surface area contributed by atoms with Gasteiger partial charge in [-0.25, -0.2) is 0 Å². The summed E-state index contributed by atoms with van der Waals surface area (Å²) in [7, 11) is 0. The summed E-state index contributed by atoms with van der Waals surface area (Å²) < 4.78 is 2.13. The lowest BCUT2D eigenvalue weighted by Crippen LogP contribution is -2.05. The highest BCUT2D eigenvalue weighted by molar-refractivity contribution is 5.82. The molecule has 3 nitrogen and oxygen atoms in total. The van der Waals surface area contributed by atoms with Gasteiger partial charge in [0.1, 0.15) is 5.65 Å². The van der Waals surface area contributed by atoms with Gasteiger partial charge in [-0.3, -0.25) is 9.20 Å². The van der Waals surface area contributed by atoms with E-state index in [1.165, 1.54) is 5.69 Å². The van der Waals surface area contributed by atoms with Gasteiger partial charge in [0.15, 0.2) is 5.43 Å². The van der Waals surface area contributed by atoms with Gasteiger partial charge in [0, 0.05) is 23.3 Å². The maximum atomic E-state index is 11.9. The van der Waals surface area contributed by atoms with E-state index in [-0.39, 0.29) is 5.43 Å². The predicted octanol–water partition coefficient (Wildman–Crippen LogP) is 2.90. The molecule has 0 amide bonds. The molecule has 0 saturated carbocycles. The van der Waals surface area contributed by atoms with E-state index in [4.69, 9.17) is 0 Å². The number of hydrogen-bond donors (Lipinski definition) is 1. The predicted molar refractivity (Wildman–Crippen MR) is 69.6 cm³/mol. The summed E-state index contributed by atoms with van der Waals surface area (Å²) in [5.74, 6) is 0.412. The fraction of sp³-hybridized carbons (Fsp3) is 0.214. The smallest absolute Gasteiger partial charge is 0.191 e. The van der Waals surface area contributed by atoms with Gasteiger partial charge in [0.25, 0.3) is 0 Å². The van der Waals surface area contributed by atoms with Gasteiger partial charge in [0.05, 0.1) is 5.52 Å². The van der Waals surface area contributed by atoms with Gasteiger partial charge in [-0.05, 0) is 18.1 Å². The molecule has 0 fully saturated rings. The number of para-hydroxylation sites is 1. The van der Waals surface area contributed by atoms with Crippen LogP contribution in [0.5, 0.6) is 0 Å². The standard InChI is InChI=1S/C14H14N2O/c1-9(2)12-8-15-14-7-13(17)10-5-3-4-6-11(10)16(12)14/h3-9,15H,1-2H3. The van der Waals surface area contributed by atoms with Crippen molar-refractivity contribution >= 4 is 16.6 Å². The van der Waals surface area contributed by atoms with Crippen LogP contribution in [0.4, 0.5) is 0 Å². The van der Waals surface area contributed by atoms with E-state index in [0.717, 1.165) is 16.6 Å². The zero-order chi connectivity index (χ0) is 12.0. The van der Waals surface area contributed by atoms with E-state index in [9.17, 15) is 4.79 Å². The normalized spacial score (nSPS) is 11.7. The van der Waals surface area contributed by atoms with Crippen LogP contribution in [-0.2, 0) is 0 Å². The third-order valence-electron chi connectivity index (χ3n) is 3.14. The van der Waals surface area contributed by atoms with E-state index in [1.807, 2.05) is 30.5 Å². The molecular weight excluding hydrogens is 212 g/mol. The van der Waals surface area contributed by atoms with E-state index < -0.39 is 0 Å². The van der Waals surface area contributed by atoms with Crippen molar-refractivity contribution in [2.45, 2.75) is 19.8 Å². The molecule has 86 valence electrons. The van der Waals surface area contributed by atoms with Crippen LogP contribution in [0.3, 0.4) is 0 Å². The monoisotopic (exact) mass is 226 g/mol. The number of nitrogens with zero attached hydrogens (tertiary/aromatic N) is 1. The Kier molecular flexibility index (Phi) is 2.08. The van der Waals surface area contributed by atoms with Crippen molar-refractivity contribution in [3.05, 3.63) is 52.4 Å². The highest BCUT2D eigenvalue weighted by Gasteiger charge is 2.10. The molecule has 0 aliphatic carbocycles. The summed E-state index contributed by atoms with van der Waals surface area (Å²) in [6, 6.07) is 9.39. The number of rotatable bonds is 1. The molecule has 0 atom stereocenters. The Labute approximate surface area is 98.7 Å². The molecule has 2 heterocycles. The maximum Gasteiger partial charge on any atom is 0.191 e. The topological polar surface area (TPSA) is 37.3 Å². The van der Waals surface area contributed by atoms with Gasteiger partial charge in [-0.15, -0.1) is 0 Å². The Bertz CT molecular complexity index is 750. The molecular formula is C14H14N2O. The average molecular weight is 226 g/mol. The van der Waals surface area contributed by atoms with Gasteiger partial charge < -0.3 is 4.98 Å². The first-order chi connectivity index (χ1) is 8.18. The second kappa shape index (κ2) is 3.48. The number of pyridine rings is 1. The van der Waals surface area contributed by atoms with Gasteiger partial charge in [0.2, 0.25) is 0 Å². The molecule has 3 aromatic rings. The molecule has 2 aromatic heterocycles. The lowest BCUT2D eigenvalue weighted by atomic mass is 10.1. The minimum atomic E-state index is 0.0674. The molecule has 0 aliphatic heterocycles. The number of fused-ring (bicyclic) bond motifs is 3. The van der Waals surface area contributed by atoms with Crippen LogP contribution >= 0.6 is 0 Å². The summed E-state index contributed by atoms with van der Waals surface area (Å²) in [5.41, 5.74) is 3.09. The van der Waals surface area contributed by atoms with Crippen LogP contribution in [0, 0.1) is 0 Å². The Morgan fingerprint density at radius 1 is 1.24 bits per heavy atom. The minimum Gasteiger partial charge on any atom is -0.346 e. The zero-order valence-corrected chi connectivity index (χ0v) is 9.90. The largest absolute Gasteiger partial charge is 0.346 e. The highest BCUT2D eigenvalue weighted by Crippen LogP contribution is 2.20. The van der Waals surface area contributed by atoms with Crippen LogP contribution in [-0.4, -0.2) is 9.38 Å². The Balaban J connectivity index is 2.60. The number of hydrogen-bond acceptors (Lipinski definition) is 1. The van der Waals surface area contributed by atoms with E-state index in [2.05, 4.69) is 23.2 Å². The summed E-state index contributed by atoms with van der Waals surface area (Å²) >= 11 is 0. The minimum absolute atomic E-state index is 0.0674. The molecule has 3 rings (SSSR count). The summed E-state index contributed by atoms with van der Waals surface area (Å²) in [5, 5.41) is 0.770. The number of aromatic nitrogens is 2.